The number of fused-ring (bicyclic) bond motifs is 4. The van der Waals surface area contributed by atoms with Gasteiger partial charge < -0.3 is 10.1 Å². The first kappa shape index (κ1) is 17.3. The Morgan fingerprint density at radius 3 is 2.85 bits per heavy atom. The number of hydrogen-bond acceptors (Lipinski definition) is 5. The summed E-state index contributed by atoms with van der Waals surface area (Å²) >= 11 is 6.12. The van der Waals surface area contributed by atoms with Crippen LogP contribution in [0.3, 0.4) is 0 Å². The number of carbonyl (C=O) groups is 1. The molecule has 0 saturated heterocycles. The van der Waals surface area contributed by atoms with Gasteiger partial charge in [-0.1, -0.05) is 12.7 Å². The molecule has 2 aromatic rings. The van der Waals surface area contributed by atoms with Crippen LogP contribution in [0.4, 0.5) is 5.82 Å². The summed E-state index contributed by atoms with van der Waals surface area (Å²) in [6, 6.07) is 1.98. The summed E-state index contributed by atoms with van der Waals surface area (Å²) < 4.78 is 7.08. The number of halogens is 1. The second-order valence-electron chi connectivity index (χ2n) is 7.16. The van der Waals surface area contributed by atoms with Crippen molar-refractivity contribution < 1.29 is 9.53 Å². The number of aromatic nitrogens is 3. The van der Waals surface area contributed by atoms with Gasteiger partial charge in [-0.25, -0.2) is 4.52 Å². The molecule has 1 N–H and O–H groups in total. The maximum absolute atomic E-state index is 12.6. The number of nitrogens with one attached hydrogen (secondary N) is 1. The minimum atomic E-state index is -0.134. The van der Waals surface area contributed by atoms with Crippen molar-refractivity contribution in [2.24, 2.45) is 17.8 Å². The van der Waals surface area contributed by atoms with Gasteiger partial charge in [0.05, 0.1) is 12.5 Å². The average molecular weight is 375 g/mol. The van der Waals surface area contributed by atoms with E-state index in [9.17, 15) is 4.79 Å². The number of hydrogen-bond donors (Lipinski definition) is 1. The third-order valence-electron chi connectivity index (χ3n) is 5.78. The molecular formula is C19H23ClN4O2. The molecule has 0 radical (unpaired) electrons. The van der Waals surface area contributed by atoms with Crippen LogP contribution in [0.1, 0.15) is 38.2 Å². The molecule has 3 aliphatic carbocycles. The Kier molecular flexibility index (Phi) is 4.61. The molecule has 5 rings (SSSR count). The van der Waals surface area contributed by atoms with Crippen LogP contribution in [0.5, 0.6) is 0 Å². The molecule has 26 heavy (non-hydrogen) atoms. The quantitative estimate of drug-likeness (QED) is 0.806. The second-order valence-corrected chi connectivity index (χ2v) is 7.50. The third kappa shape index (κ3) is 2.96. The van der Waals surface area contributed by atoms with E-state index >= 15 is 0 Å². The highest BCUT2D eigenvalue weighted by Gasteiger charge is 2.48. The second kappa shape index (κ2) is 6.91. The van der Waals surface area contributed by atoms with E-state index in [1.54, 1.807) is 10.6 Å². The number of nitrogens with zero attached hydrogens (tertiary/aromatic N) is 3. The highest BCUT2D eigenvalue weighted by Crippen LogP contribution is 2.47. The Hall–Kier alpha value is -2.08. The first-order valence-corrected chi connectivity index (χ1v) is 9.60. The highest BCUT2D eigenvalue weighted by atomic mass is 35.5. The molecule has 0 aromatic carbocycles. The average Bonchev–Trinajstić information content (AvgIpc) is 3.06. The fourth-order valence-corrected chi connectivity index (χ4v) is 4.77. The van der Waals surface area contributed by atoms with Crippen LogP contribution in [0.25, 0.3) is 11.6 Å². The van der Waals surface area contributed by atoms with Crippen molar-refractivity contribution >= 4 is 35.0 Å². The molecule has 0 amide bonds. The molecular weight excluding hydrogens is 352 g/mol. The van der Waals surface area contributed by atoms with E-state index in [0.717, 1.165) is 36.8 Å². The highest BCUT2D eigenvalue weighted by molar-refractivity contribution is 6.28. The summed E-state index contributed by atoms with van der Waals surface area (Å²) in [6.45, 7) is 6.07. The van der Waals surface area contributed by atoms with Gasteiger partial charge in [0, 0.05) is 12.2 Å². The number of carbonyl (C=O) groups excluding carboxylic acids is 1. The van der Waals surface area contributed by atoms with Gasteiger partial charge >= 0.3 is 5.97 Å². The van der Waals surface area contributed by atoms with Crippen molar-refractivity contribution in [2.45, 2.75) is 38.6 Å². The lowest BCUT2D eigenvalue weighted by atomic mass is 9.61. The summed E-state index contributed by atoms with van der Waals surface area (Å²) in [5.41, 5.74) is 1.77. The zero-order valence-corrected chi connectivity index (χ0v) is 15.6. The van der Waals surface area contributed by atoms with E-state index in [1.165, 1.54) is 0 Å². The van der Waals surface area contributed by atoms with Gasteiger partial charge in [-0.05, 0) is 67.7 Å². The molecule has 2 heterocycles. The van der Waals surface area contributed by atoms with Gasteiger partial charge in [0.25, 0.3) is 0 Å². The van der Waals surface area contributed by atoms with Gasteiger partial charge in [-0.2, -0.15) is 4.98 Å². The van der Waals surface area contributed by atoms with Crippen LogP contribution in [0.2, 0.25) is 5.28 Å². The molecule has 2 bridgehead atoms. The molecule has 0 aliphatic heterocycles. The van der Waals surface area contributed by atoms with Crippen LogP contribution < -0.4 is 5.32 Å². The normalized spacial score (nSPS) is 27.5. The Bertz CT molecular complexity index is 841. The molecule has 2 atom stereocenters. The summed E-state index contributed by atoms with van der Waals surface area (Å²) in [7, 11) is 0. The van der Waals surface area contributed by atoms with E-state index in [4.69, 9.17) is 16.3 Å². The lowest BCUT2D eigenvalue weighted by molar-refractivity contribution is -0.154. The summed E-state index contributed by atoms with van der Waals surface area (Å²) in [6.07, 6.45) is 8.07. The smallest absolute Gasteiger partial charge is 0.311 e. The fraction of sp³-hybridized carbons (Fsp3) is 0.526. The molecule has 2 unspecified atom stereocenters. The minimum Gasteiger partial charge on any atom is -0.466 e. The van der Waals surface area contributed by atoms with Crippen molar-refractivity contribution in [2.75, 3.05) is 11.9 Å². The lowest BCUT2D eigenvalue weighted by Gasteiger charge is -2.47. The fourth-order valence-electron chi connectivity index (χ4n) is 4.60. The van der Waals surface area contributed by atoms with Gasteiger partial charge in [0.2, 0.25) is 5.28 Å². The Morgan fingerprint density at radius 1 is 1.42 bits per heavy atom. The maximum atomic E-state index is 12.6. The van der Waals surface area contributed by atoms with E-state index in [0.29, 0.717) is 24.3 Å². The summed E-state index contributed by atoms with van der Waals surface area (Å²) in [4.78, 5) is 17.0. The first-order chi connectivity index (χ1) is 12.6. The molecule has 7 heteroatoms. The van der Waals surface area contributed by atoms with E-state index in [1.807, 2.05) is 19.2 Å². The Morgan fingerprint density at radius 2 is 2.15 bits per heavy atom. The van der Waals surface area contributed by atoms with E-state index in [2.05, 4.69) is 22.0 Å². The molecule has 2 aromatic heterocycles. The summed E-state index contributed by atoms with van der Waals surface area (Å²) in [5, 5.41) is 7.92. The number of rotatable bonds is 5. The van der Waals surface area contributed by atoms with Gasteiger partial charge in [0.1, 0.15) is 5.52 Å². The molecule has 3 saturated carbocycles. The van der Waals surface area contributed by atoms with Crippen LogP contribution >= 0.6 is 11.6 Å². The SMILES string of the molecule is C=Cc1cc2c(NC3C4CCC(CC4)C3C(=O)OCC)nc(Cl)nn2c1. The van der Waals surface area contributed by atoms with Gasteiger partial charge in [-0.15, -0.1) is 5.10 Å². The zero-order valence-electron chi connectivity index (χ0n) is 14.8. The zero-order chi connectivity index (χ0) is 18.3. The third-order valence-corrected chi connectivity index (χ3v) is 5.94. The minimum absolute atomic E-state index is 0.0124. The predicted octanol–water partition coefficient (Wildman–Crippen LogP) is 3.81. The number of anilines is 1. The number of ether oxygens (including phenoxy) is 1. The lowest BCUT2D eigenvalue weighted by Crippen LogP contribution is -2.52. The largest absolute Gasteiger partial charge is 0.466 e. The van der Waals surface area contributed by atoms with Crippen LogP contribution in [0.15, 0.2) is 18.8 Å². The molecule has 6 nitrogen and oxygen atoms in total. The maximum Gasteiger partial charge on any atom is 0.311 e. The van der Waals surface area contributed by atoms with E-state index < -0.39 is 0 Å². The first-order valence-electron chi connectivity index (χ1n) is 9.22. The van der Waals surface area contributed by atoms with Gasteiger partial charge in [0.15, 0.2) is 5.82 Å². The summed E-state index contributed by atoms with van der Waals surface area (Å²) in [5.74, 6) is 1.24. The number of esters is 1. The monoisotopic (exact) mass is 374 g/mol. The van der Waals surface area contributed by atoms with Crippen molar-refractivity contribution in [1.29, 1.82) is 0 Å². The van der Waals surface area contributed by atoms with Crippen LogP contribution in [-0.2, 0) is 9.53 Å². The van der Waals surface area contributed by atoms with E-state index in [-0.39, 0.29) is 23.2 Å². The van der Waals surface area contributed by atoms with Gasteiger partial charge in [-0.3, -0.25) is 4.79 Å². The van der Waals surface area contributed by atoms with Crippen LogP contribution in [-0.4, -0.2) is 33.2 Å². The molecule has 3 aliphatic rings. The van der Waals surface area contributed by atoms with Crippen molar-refractivity contribution in [3.05, 3.63) is 29.7 Å². The predicted molar refractivity (Wildman–Crippen MR) is 101 cm³/mol. The molecule has 138 valence electrons. The van der Waals surface area contributed by atoms with Crippen molar-refractivity contribution in [3.8, 4) is 0 Å². The van der Waals surface area contributed by atoms with Crippen LogP contribution in [0, 0.1) is 17.8 Å². The topological polar surface area (TPSA) is 68.5 Å². The molecule has 0 spiro atoms. The standard InChI is InChI=1S/C19H23ClN4O2/c1-3-11-9-14-17(22-19(20)23-24(14)10-11)21-16-13-7-5-12(6-8-13)15(16)18(25)26-4-2/h3,9-10,12-13,15-16H,1,4-8H2,2H3,(H,21,22,23). The Balaban J connectivity index is 1.70. The molecule has 3 fully saturated rings. The Labute approximate surface area is 157 Å². The van der Waals surface area contributed by atoms with Crippen molar-refractivity contribution in [3.63, 3.8) is 0 Å². The van der Waals surface area contributed by atoms with Crippen molar-refractivity contribution in [1.82, 2.24) is 14.6 Å².